The number of hydrogen-bond donors (Lipinski definition) is 2. The Morgan fingerprint density at radius 1 is 1.42 bits per heavy atom. The lowest BCUT2D eigenvalue weighted by molar-refractivity contribution is -0.127. The molecule has 132 valence electrons. The molecule has 1 fully saturated rings. The summed E-state index contributed by atoms with van der Waals surface area (Å²) < 4.78 is 10.2. The summed E-state index contributed by atoms with van der Waals surface area (Å²) in [4.78, 5) is 29.4. The van der Waals surface area contributed by atoms with Crippen LogP contribution in [0.15, 0.2) is 18.3 Å². The van der Waals surface area contributed by atoms with Crippen molar-refractivity contribution in [3.8, 4) is 5.88 Å². The van der Waals surface area contributed by atoms with Gasteiger partial charge in [0, 0.05) is 38.7 Å². The number of aromatic nitrogens is 1. The van der Waals surface area contributed by atoms with Gasteiger partial charge in [-0.25, -0.2) is 9.78 Å². The van der Waals surface area contributed by atoms with E-state index in [0.29, 0.717) is 37.7 Å². The molecule has 1 aromatic heterocycles. The molecule has 1 aromatic rings. The number of nitrogens with zero attached hydrogens (tertiary/aromatic N) is 2. The third-order valence-electron chi connectivity index (χ3n) is 3.57. The number of methoxy groups -OCH3 is 1. The zero-order valence-corrected chi connectivity index (χ0v) is 14.1. The fraction of sp³-hybridized carbons (Fsp3) is 0.562. The number of carbonyl (C=O) groups excluding carboxylic acids is 2. The monoisotopic (exact) mass is 336 g/mol. The summed E-state index contributed by atoms with van der Waals surface area (Å²) in [5.41, 5.74) is 0.566. The first-order valence-electron chi connectivity index (χ1n) is 8.01. The second kappa shape index (κ2) is 9.07. The molecule has 1 aliphatic rings. The molecule has 3 amide bonds. The molecule has 0 saturated carbocycles. The van der Waals surface area contributed by atoms with Gasteiger partial charge < -0.3 is 25.0 Å². The van der Waals surface area contributed by atoms with E-state index in [1.165, 1.54) is 6.20 Å². The Labute approximate surface area is 141 Å². The summed E-state index contributed by atoms with van der Waals surface area (Å²) in [7, 11) is 1.60. The molecule has 1 saturated heterocycles. The second-order valence-corrected chi connectivity index (χ2v) is 5.67. The van der Waals surface area contributed by atoms with Crippen LogP contribution in [0, 0.1) is 0 Å². The van der Waals surface area contributed by atoms with Crippen LogP contribution in [0.25, 0.3) is 0 Å². The number of ether oxygens (including phenoxy) is 2. The molecule has 8 nitrogen and oxygen atoms in total. The SMILES string of the molecule is COCCOc1ccc(NC(=O)NC(C)CN2CCCC2=O)cn1. The maximum atomic E-state index is 12.0. The van der Waals surface area contributed by atoms with Crippen LogP contribution in [0.5, 0.6) is 5.88 Å². The number of anilines is 1. The lowest BCUT2D eigenvalue weighted by atomic mass is 10.3. The molecule has 1 aliphatic heterocycles. The van der Waals surface area contributed by atoms with Crippen LogP contribution < -0.4 is 15.4 Å². The highest BCUT2D eigenvalue weighted by Gasteiger charge is 2.22. The van der Waals surface area contributed by atoms with E-state index in [-0.39, 0.29) is 18.0 Å². The van der Waals surface area contributed by atoms with Gasteiger partial charge >= 0.3 is 6.03 Å². The van der Waals surface area contributed by atoms with Crippen LogP contribution in [0.2, 0.25) is 0 Å². The maximum Gasteiger partial charge on any atom is 0.319 e. The molecule has 0 aliphatic carbocycles. The number of amides is 3. The molecule has 8 heteroatoms. The van der Waals surface area contributed by atoms with Gasteiger partial charge in [-0.05, 0) is 19.4 Å². The van der Waals surface area contributed by atoms with Crippen LogP contribution in [-0.4, -0.2) is 61.3 Å². The van der Waals surface area contributed by atoms with Crippen molar-refractivity contribution in [3.63, 3.8) is 0 Å². The number of pyridine rings is 1. The summed E-state index contributed by atoms with van der Waals surface area (Å²) in [5, 5.41) is 5.52. The molecular formula is C16H24N4O4. The van der Waals surface area contributed by atoms with Crippen LogP contribution >= 0.6 is 0 Å². The first kappa shape index (κ1) is 18.0. The molecule has 2 heterocycles. The van der Waals surface area contributed by atoms with Crippen molar-refractivity contribution in [1.82, 2.24) is 15.2 Å². The molecule has 2 N–H and O–H groups in total. The quantitative estimate of drug-likeness (QED) is 0.697. The number of nitrogens with one attached hydrogen (secondary N) is 2. The highest BCUT2D eigenvalue weighted by molar-refractivity contribution is 5.89. The van der Waals surface area contributed by atoms with Gasteiger partial charge in [-0.2, -0.15) is 0 Å². The normalized spacial score (nSPS) is 15.2. The molecule has 0 radical (unpaired) electrons. The highest BCUT2D eigenvalue weighted by Crippen LogP contribution is 2.12. The molecule has 2 rings (SSSR count). The van der Waals surface area contributed by atoms with E-state index in [2.05, 4.69) is 15.6 Å². The Morgan fingerprint density at radius 3 is 2.88 bits per heavy atom. The van der Waals surface area contributed by atoms with Crippen LogP contribution in [-0.2, 0) is 9.53 Å². The Hall–Kier alpha value is -2.35. The molecule has 24 heavy (non-hydrogen) atoms. The van der Waals surface area contributed by atoms with Crippen LogP contribution in [0.3, 0.4) is 0 Å². The number of urea groups is 1. The van der Waals surface area contributed by atoms with Gasteiger partial charge in [0.05, 0.1) is 18.5 Å². The first-order chi connectivity index (χ1) is 11.6. The van der Waals surface area contributed by atoms with Crippen molar-refractivity contribution in [2.45, 2.75) is 25.8 Å². The lowest BCUT2D eigenvalue weighted by Gasteiger charge is -2.21. The van der Waals surface area contributed by atoms with Gasteiger partial charge in [0.1, 0.15) is 6.61 Å². The van der Waals surface area contributed by atoms with E-state index in [0.717, 1.165) is 13.0 Å². The average Bonchev–Trinajstić information content (AvgIpc) is 2.94. The van der Waals surface area contributed by atoms with E-state index in [1.54, 1.807) is 24.1 Å². The van der Waals surface area contributed by atoms with Crippen molar-refractivity contribution in [3.05, 3.63) is 18.3 Å². The predicted octanol–water partition coefficient (Wildman–Crippen LogP) is 1.24. The summed E-state index contributed by atoms with van der Waals surface area (Å²) in [6, 6.07) is 2.93. The second-order valence-electron chi connectivity index (χ2n) is 5.67. The fourth-order valence-electron chi connectivity index (χ4n) is 2.43. The van der Waals surface area contributed by atoms with Gasteiger partial charge in [-0.1, -0.05) is 0 Å². The van der Waals surface area contributed by atoms with E-state index in [1.807, 2.05) is 6.92 Å². The largest absolute Gasteiger partial charge is 0.475 e. The number of rotatable bonds is 8. The third kappa shape index (κ3) is 5.69. The Balaban J connectivity index is 1.74. The average molecular weight is 336 g/mol. The molecule has 1 unspecified atom stereocenters. The minimum Gasteiger partial charge on any atom is -0.475 e. The van der Waals surface area contributed by atoms with Gasteiger partial charge in [0.25, 0.3) is 0 Å². The fourth-order valence-corrected chi connectivity index (χ4v) is 2.43. The van der Waals surface area contributed by atoms with Gasteiger partial charge in [0.2, 0.25) is 11.8 Å². The molecule has 0 spiro atoms. The summed E-state index contributed by atoms with van der Waals surface area (Å²) in [5.74, 6) is 0.622. The molecule has 1 atom stereocenters. The summed E-state index contributed by atoms with van der Waals surface area (Å²) in [6.45, 7) is 4.07. The van der Waals surface area contributed by atoms with Gasteiger partial charge in [-0.15, -0.1) is 0 Å². The first-order valence-corrected chi connectivity index (χ1v) is 8.01. The topological polar surface area (TPSA) is 92.8 Å². The van der Waals surface area contributed by atoms with Crippen LogP contribution in [0.1, 0.15) is 19.8 Å². The summed E-state index contributed by atoms with van der Waals surface area (Å²) in [6.07, 6.45) is 3.02. The van der Waals surface area contributed by atoms with E-state index in [4.69, 9.17) is 9.47 Å². The zero-order valence-electron chi connectivity index (χ0n) is 14.1. The predicted molar refractivity (Wildman–Crippen MR) is 89.0 cm³/mol. The van der Waals surface area contributed by atoms with Gasteiger partial charge in [-0.3, -0.25) is 4.79 Å². The Kier molecular flexibility index (Phi) is 6.80. The Morgan fingerprint density at radius 2 is 2.25 bits per heavy atom. The van der Waals surface area contributed by atoms with Crippen molar-refractivity contribution in [1.29, 1.82) is 0 Å². The maximum absolute atomic E-state index is 12.0. The molecular weight excluding hydrogens is 312 g/mol. The van der Waals surface area contributed by atoms with Crippen molar-refractivity contribution in [2.75, 3.05) is 38.7 Å². The van der Waals surface area contributed by atoms with Crippen LogP contribution in [0.4, 0.5) is 10.5 Å². The minimum absolute atomic E-state index is 0.128. The van der Waals surface area contributed by atoms with Gasteiger partial charge in [0.15, 0.2) is 0 Å². The van der Waals surface area contributed by atoms with Crippen molar-refractivity contribution >= 4 is 17.6 Å². The highest BCUT2D eigenvalue weighted by atomic mass is 16.5. The lowest BCUT2D eigenvalue weighted by Crippen LogP contribution is -2.44. The number of likely N-dealkylation sites (tertiary alicyclic amines) is 1. The van der Waals surface area contributed by atoms with Crippen molar-refractivity contribution < 1.29 is 19.1 Å². The number of carbonyl (C=O) groups is 2. The zero-order chi connectivity index (χ0) is 17.4. The smallest absolute Gasteiger partial charge is 0.319 e. The standard InChI is InChI=1S/C16H24N4O4/c1-12(11-20-7-3-4-15(20)21)18-16(22)19-13-5-6-14(17-10-13)24-9-8-23-2/h5-6,10,12H,3-4,7-9,11H2,1-2H3,(H2,18,19,22). The van der Waals surface area contributed by atoms with E-state index in [9.17, 15) is 9.59 Å². The number of hydrogen-bond acceptors (Lipinski definition) is 5. The third-order valence-corrected chi connectivity index (χ3v) is 3.57. The molecule has 0 aromatic carbocycles. The van der Waals surface area contributed by atoms with E-state index < -0.39 is 0 Å². The summed E-state index contributed by atoms with van der Waals surface area (Å²) >= 11 is 0. The van der Waals surface area contributed by atoms with E-state index >= 15 is 0 Å². The Bertz CT molecular complexity index is 550. The minimum atomic E-state index is -0.330. The molecule has 0 bridgehead atoms. The van der Waals surface area contributed by atoms with Crippen molar-refractivity contribution in [2.24, 2.45) is 0 Å².